The highest BCUT2D eigenvalue weighted by molar-refractivity contribution is 9.10. The highest BCUT2D eigenvalue weighted by Crippen LogP contribution is 2.39. The Hall–Kier alpha value is -1.58. The lowest BCUT2D eigenvalue weighted by Gasteiger charge is -2.14. The fourth-order valence-corrected chi connectivity index (χ4v) is 4.49. The molecule has 158 valence electrons. The maximum absolute atomic E-state index is 12.7. The Labute approximate surface area is 189 Å². The molecule has 1 heterocycles. The van der Waals surface area contributed by atoms with Crippen molar-refractivity contribution in [2.45, 2.75) is 32.6 Å². The van der Waals surface area contributed by atoms with Crippen LogP contribution in [0.2, 0.25) is 0 Å². The average Bonchev–Trinajstić information content (AvgIpc) is 2.96. The van der Waals surface area contributed by atoms with Crippen molar-refractivity contribution in [3.05, 3.63) is 27.1 Å². The molecule has 0 atom stereocenters. The summed E-state index contributed by atoms with van der Waals surface area (Å²) in [4.78, 5) is 26.0. The number of carbonyl (C=O) groups is 2. The van der Waals surface area contributed by atoms with E-state index < -0.39 is 0 Å². The molecule has 0 aliphatic carbocycles. The summed E-state index contributed by atoms with van der Waals surface area (Å²) in [7, 11) is 2.93. The van der Waals surface area contributed by atoms with Crippen molar-refractivity contribution >= 4 is 62.2 Å². The van der Waals surface area contributed by atoms with Crippen molar-refractivity contribution in [2.75, 3.05) is 27.4 Å². The zero-order valence-corrected chi connectivity index (χ0v) is 19.9. The standard InChI is InChI=1S/C20H24BrNO5S2/c1-4-5-9-27-18-14(21)10-13(11-15(18)25-2)12-16-19(24)22(20(28)29-16)8-6-7-17(23)26-3/h10-12H,4-9H2,1-3H3/b16-12-. The lowest BCUT2D eigenvalue weighted by Crippen LogP contribution is -2.29. The van der Waals surface area contributed by atoms with Gasteiger partial charge in [-0.15, -0.1) is 0 Å². The number of methoxy groups -OCH3 is 2. The Morgan fingerprint density at radius 1 is 1.31 bits per heavy atom. The van der Waals surface area contributed by atoms with Gasteiger partial charge in [-0.05, 0) is 52.5 Å². The Morgan fingerprint density at radius 3 is 2.72 bits per heavy atom. The molecule has 6 nitrogen and oxygen atoms in total. The highest BCUT2D eigenvalue weighted by atomic mass is 79.9. The van der Waals surface area contributed by atoms with Gasteiger partial charge in [-0.1, -0.05) is 37.3 Å². The van der Waals surface area contributed by atoms with Gasteiger partial charge in [0, 0.05) is 13.0 Å². The Morgan fingerprint density at radius 2 is 2.07 bits per heavy atom. The number of esters is 1. The van der Waals surface area contributed by atoms with Crippen LogP contribution in [-0.4, -0.2) is 48.5 Å². The quantitative estimate of drug-likeness (QED) is 0.197. The van der Waals surface area contributed by atoms with Gasteiger partial charge in [0.2, 0.25) is 0 Å². The molecular formula is C20H24BrNO5S2. The van der Waals surface area contributed by atoms with Gasteiger partial charge >= 0.3 is 5.97 Å². The van der Waals surface area contributed by atoms with Crippen LogP contribution in [0, 0.1) is 0 Å². The Balaban J connectivity index is 2.14. The van der Waals surface area contributed by atoms with E-state index in [0.29, 0.717) is 40.3 Å². The lowest BCUT2D eigenvalue weighted by atomic mass is 10.1. The molecule has 1 aromatic carbocycles. The molecule has 0 radical (unpaired) electrons. The molecule has 0 unspecified atom stereocenters. The van der Waals surface area contributed by atoms with Crippen molar-refractivity contribution < 1.29 is 23.8 Å². The van der Waals surface area contributed by atoms with E-state index >= 15 is 0 Å². The number of hydrogen-bond acceptors (Lipinski definition) is 7. The zero-order chi connectivity index (χ0) is 21.4. The van der Waals surface area contributed by atoms with Crippen molar-refractivity contribution in [2.24, 2.45) is 0 Å². The molecule has 2 rings (SSSR count). The summed E-state index contributed by atoms with van der Waals surface area (Å²) in [6.07, 6.45) is 4.52. The SMILES string of the molecule is CCCCOc1c(Br)cc(/C=C2\SC(=S)N(CCCC(=O)OC)C2=O)cc1OC. The number of ether oxygens (including phenoxy) is 3. The summed E-state index contributed by atoms with van der Waals surface area (Å²) in [6.45, 7) is 3.09. The number of unbranched alkanes of at least 4 members (excludes halogenated alkanes) is 1. The first-order chi connectivity index (χ1) is 13.9. The van der Waals surface area contributed by atoms with Crippen molar-refractivity contribution in [1.29, 1.82) is 0 Å². The van der Waals surface area contributed by atoms with Crippen LogP contribution in [0.25, 0.3) is 6.08 Å². The number of hydrogen-bond donors (Lipinski definition) is 0. The van der Waals surface area contributed by atoms with Crippen LogP contribution in [0.15, 0.2) is 21.5 Å². The van der Waals surface area contributed by atoms with Gasteiger partial charge in [-0.25, -0.2) is 0 Å². The number of nitrogens with zero attached hydrogens (tertiary/aromatic N) is 1. The summed E-state index contributed by atoms with van der Waals surface area (Å²) in [6, 6.07) is 3.71. The first kappa shape index (κ1) is 23.7. The average molecular weight is 502 g/mol. The molecule has 29 heavy (non-hydrogen) atoms. The van der Waals surface area contributed by atoms with E-state index in [2.05, 4.69) is 27.6 Å². The third-order valence-corrected chi connectivity index (χ3v) is 6.12. The topological polar surface area (TPSA) is 65.1 Å². The summed E-state index contributed by atoms with van der Waals surface area (Å²) < 4.78 is 17.1. The Bertz CT molecular complexity index is 812. The number of thioether (sulfide) groups is 1. The minimum absolute atomic E-state index is 0.164. The number of rotatable bonds is 10. The van der Waals surface area contributed by atoms with Crippen LogP contribution in [0.4, 0.5) is 0 Å². The van der Waals surface area contributed by atoms with E-state index in [1.54, 1.807) is 13.2 Å². The number of amides is 1. The molecule has 1 aliphatic rings. The number of thiocarbonyl (C=S) groups is 1. The largest absolute Gasteiger partial charge is 0.493 e. The molecule has 1 aromatic rings. The number of carbonyl (C=O) groups excluding carboxylic acids is 2. The van der Waals surface area contributed by atoms with Crippen molar-refractivity contribution in [1.82, 2.24) is 4.90 Å². The number of benzene rings is 1. The highest BCUT2D eigenvalue weighted by Gasteiger charge is 2.31. The van der Waals surface area contributed by atoms with Crippen LogP contribution >= 0.6 is 39.9 Å². The van der Waals surface area contributed by atoms with Crippen LogP contribution in [0.3, 0.4) is 0 Å². The predicted molar refractivity (Wildman–Crippen MR) is 122 cm³/mol. The molecule has 1 amide bonds. The molecule has 1 saturated heterocycles. The maximum atomic E-state index is 12.7. The van der Waals surface area contributed by atoms with E-state index in [4.69, 9.17) is 21.7 Å². The van der Waals surface area contributed by atoms with E-state index in [0.717, 1.165) is 22.9 Å². The van der Waals surface area contributed by atoms with Crippen molar-refractivity contribution in [3.8, 4) is 11.5 Å². The van der Waals surface area contributed by atoms with Gasteiger partial charge < -0.3 is 14.2 Å². The first-order valence-corrected chi connectivity index (χ1v) is 11.3. The molecule has 1 fully saturated rings. The molecule has 0 bridgehead atoms. The molecule has 1 aliphatic heterocycles. The second kappa shape index (κ2) is 11.6. The fraction of sp³-hybridized carbons (Fsp3) is 0.450. The van der Waals surface area contributed by atoms with E-state index in [1.165, 1.54) is 23.8 Å². The number of halogens is 1. The fourth-order valence-electron chi connectivity index (χ4n) is 2.61. The van der Waals surface area contributed by atoms with Crippen molar-refractivity contribution in [3.63, 3.8) is 0 Å². The van der Waals surface area contributed by atoms with Crippen LogP contribution in [0.5, 0.6) is 11.5 Å². The summed E-state index contributed by atoms with van der Waals surface area (Å²) in [5.74, 6) is 0.774. The first-order valence-electron chi connectivity index (χ1n) is 9.23. The second-order valence-electron chi connectivity index (χ2n) is 6.25. The molecule has 0 aromatic heterocycles. The van der Waals surface area contributed by atoms with Gasteiger partial charge in [0.15, 0.2) is 11.5 Å². The van der Waals surface area contributed by atoms with Crippen LogP contribution in [-0.2, 0) is 14.3 Å². The summed E-state index contributed by atoms with van der Waals surface area (Å²) >= 11 is 10.1. The van der Waals surface area contributed by atoms with E-state index in [1.807, 2.05) is 12.1 Å². The minimum Gasteiger partial charge on any atom is -0.493 e. The van der Waals surface area contributed by atoms with Gasteiger partial charge in [0.25, 0.3) is 5.91 Å². The van der Waals surface area contributed by atoms with Gasteiger partial charge in [0.1, 0.15) is 4.32 Å². The van der Waals surface area contributed by atoms with Gasteiger partial charge in [-0.2, -0.15) is 0 Å². The summed E-state index contributed by atoms with van der Waals surface area (Å²) in [5.41, 5.74) is 0.798. The maximum Gasteiger partial charge on any atom is 0.305 e. The lowest BCUT2D eigenvalue weighted by molar-refractivity contribution is -0.141. The Kier molecular flexibility index (Phi) is 9.45. The van der Waals surface area contributed by atoms with E-state index in [9.17, 15) is 9.59 Å². The van der Waals surface area contributed by atoms with E-state index in [-0.39, 0.29) is 18.3 Å². The molecule has 0 saturated carbocycles. The second-order valence-corrected chi connectivity index (χ2v) is 8.78. The normalized spacial score (nSPS) is 15.2. The van der Waals surface area contributed by atoms with Gasteiger partial charge in [-0.3, -0.25) is 14.5 Å². The summed E-state index contributed by atoms with van der Waals surface area (Å²) in [5, 5.41) is 0. The minimum atomic E-state index is -0.302. The predicted octanol–water partition coefficient (Wildman–Crippen LogP) is 4.79. The van der Waals surface area contributed by atoms with Gasteiger partial charge in [0.05, 0.1) is 30.2 Å². The molecule has 0 N–H and O–H groups in total. The molecule has 9 heteroatoms. The van der Waals surface area contributed by atoms with Crippen LogP contribution in [0.1, 0.15) is 38.2 Å². The zero-order valence-electron chi connectivity index (χ0n) is 16.7. The molecular weight excluding hydrogens is 478 g/mol. The monoisotopic (exact) mass is 501 g/mol. The smallest absolute Gasteiger partial charge is 0.305 e. The molecule has 0 spiro atoms. The third-order valence-electron chi connectivity index (χ3n) is 4.16. The third kappa shape index (κ3) is 6.45. The van der Waals surface area contributed by atoms with Crippen LogP contribution < -0.4 is 9.47 Å².